The molecule has 0 N–H and O–H groups in total. The largest absolute Gasteiger partial charge is 1.00 e. The standard InChI is InChI=1S/C10H10F3N2.C9H7F3N2.CH3I.CH4.HI/c1-14-7-5-3-4-6-8(7)15(2)9(14)10(11,12)13;1-14-7-5-3-2-4-6(7)13-8(14)9(10,11)12;1-2;;/h3-6H,1-2H3;2-5H,1H3;1H3;1H4;1H/q+1;;;;/p-1. The smallest absolute Gasteiger partial charge is 0.495 e. The number of fused-ring (bicyclic) bond motifs is 2. The van der Waals surface area contributed by atoms with Crippen LogP contribution in [-0.4, -0.2) is 19.0 Å². The summed E-state index contributed by atoms with van der Waals surface area (Å²) >= 11 is 2.15. The van der Waals surface area contributed by atoms with E-state index in [1.165, 1.54) is 21.1 Å². The summed E-state index contributed by atoms with van der Waals surface area (Å²) in [6.07, 6.45) is -8.73. The summed E-state index contributed by atoms with van der Waals surface area (Å²) < 4.78 is 78.7. The highest BCUT2D eigenvalue weighted by molar-refractivity contribution is 14.1. The zero-order valence-electron chi connectivity index (χ0n) is 17.4. The highest BCUT2D eigenvalue weighted by Crippen LogP contribution is 2.30. The van der Waals surface area contributed by atoms with Crippen molar-refractivity contribution in [1.82, 2.24) is 14.1 Å². The number of rotatable bonds is 0. The minimum atomic E-state index is -4.40. The molecule has 0 aliphatic carbocycles. The molecule has 0 bridgehead atoms. The first-order chi connectivity index (χ1) is 14.4. The van der Waals surface area contributed by atoms with Gasteiger partial charge in [0.15, 0.2) is 11.0 Å². The summed E-state index contributed by atoms with van der Waals surface area (Å²) in [5.74, 6) is -1.51. The van der Waals surface area contributed by atoms with Crippen molar-refractivity contribution in [3.05, 3.63) is 60.2 Å². The molecule has 0 spiro atoms. The van der Waals surface area contributed by atoms with Crippen LogP contribution in [0.4, 0.5) is 26.3 Å². The Labute approximate surface area is 218 Å². The molecule has 0 fully saturated rings. The highest BCUT2D eigenvalue weighted by atomic mass is 127. The second-order valence-corrected chi connectivity index (χ2v) is 6.41. The zero-order chi connectivity index (χ0) is 23.6. The van der Waals surface area contributed by atoms with E-state index < -0.39 is 24.0 Å². The Balaban J connectivity index is 0.000000547. The molecule has 0 amide bonds. The maximum atomic E-state index is 12.7. The van der Waals surface area contributed by atoms with Gasteiger partial charge >= 0.3 is 18.2 Å². The molecule has 2 aromatic heterocycles. The topological polar surface area (TPSA) is 26.6 Å². The molecule has 0 aliphatic heterocycles. The van der Waals surface area contributed by atoms with Gasteiger partial charge in [0, 0.05) is 7.05 Å². The van der Waals surface area contributed by atoms with Gasteiger partial charge in [0.1, 0.15) is 0 Å². The predicted molar refractivity (Wildman–Crippen MR) is 121 cm³/mol. The molecular weight excluding hydrogens is 676 g/mol. The van der Waals surface area contributed by atoms with Gasteiger partial charge in [-0.15, -0.1) is 0 Å². The van der Waals surface area contributed by atoms with E-state index in [-0.39, 0.29) is 31.4 Å². The Hall–Kier alpha value is -1.58. The zero-order valence-corrected chi connectivity index (χ0v) is 21.7. The van der Waals surface area contributed by atoms with E-state index in [9.17, 15) is 26.3 Å². The van der Waals surface area contributed by atoms with E-state index in [4.69, 9.17) is 0 Å². The lowest BCUT2D eigenvalue weighted by Crippen LogP contribution is -3.00. The van der Waals surface area contributed by atoms with Crippen LogP contribution in [0.3, 0.4) is 0 Å². The number of imidazole rings is 2. The third-order valence-corrected chi connectivity index (χ3v) is 4.53. The van der Waals surface area contributed by atoms with Gasteiger partial charge in [-0.3, -0.25) is 0 Å². The summed E-state index contributed by atoms with van der Waals surface area (Å²) in [7, 11) is 4.20. The fraction of sp³-hybridized carbons (Fsp3) is 0.333. The Morgan fingerprint density at radius 1 is 0.788 bits per heavy atom. The Bertz CT molecular complexity index is 1140. The van der Waals surface area contributed by atoms with Crippen molar-refractivity contribution in [3.63, 3.8) is 0 Å². The number of aryl methyl sites for hydroxylation is 3. The van der Waals surface area contributed by atoms with Crippen LogP contribution in [0.5, 0.6) is 0 Å². The third kappa shape index (κ3) is 6.73. The number of hydrogen-bond donors (Lipinski definition) is 0. The molecule has 12 heteroatoms. The number of para-hydroxylation sites is 4. The molecular formula is C21H24F6I2N4. The summed E-state index contributed by atoms with van der Waals surface area (Å²) in [5.41, 5.74) is 2.00. The van der Waals surface area contributed by atoms with Gasteiger partial charge in [0.2, 0.25) is 5.82 Å². The molecule has 0 saturated carbocycles. The first-order valence-corrected chi connectivity index (χ1v) is 11.0. The fourth-order valence-electron chi connectivity index (χ4n) is 3.26. The van der Waals surface area contributed by atoms with Crippen LogP contribution in [-0.2, 0) is 33.5 Å². The monoisotopic (exact) mass is 700 g/mol. The number of halogens is 8. The van der Waals surface area contributed by atoms with Crippen molar-refractivity contribution in [2.75, 3.05) is 4.93 Å². The van der Waals surface area contributed by atoms with Crippen molar-refractivity contribution < 1.29 is 54.9 Å². The number of nitrogens with zero attached hydrogens (tertiary/aromatic N) is 4. The van der Waals surface area contributed by atoms with Gasteiger partial charge < -0.3 is 28.5 Å². The molecule has 2 aromatic carbocycles. The average molecular weight is 700 g/mol. The molecule has 4 nitrogen and oxygen atoms in total. The number of aromatic nitrogens is 4. The maximum Gasteiger partial charge on any atom is 0.495 e. The van der Waals surface area contributed by atoms with E-state index in [1.807, 2.05) is 4.93 Å². The third-order valence-electron chi connectivity index (χ3n) is 4.53. The molecule has 4 aromatic rings. The molecule has 0 unspecified atom stereocenters. The lowest BCUT2D eigenvalue weighted by molar-refractivity contribution is -0.667. The quantitative estimate of drug-likeness (QED) is 0.120. The first-order valence-electron chi connectivity index (χ1n) is 8.80. The van der Waals surface area contributed by atoms with Crippen LogP contribution in [0.25, 0.3) is 22.1 Å². The predicted octanol–water partition coefficient (Wildman–Crippen LogP) is 3.31. The lowest BCUT2D eigenvalue weighted by Gasteiger charge is -2.05. The van der Waals surface area contributed by atoms with Crippen molar-refractivity contribution in [1.29, 1.82) is 0 Å². The van der Waals surface area contributed by atoms with Crippen LogP contribution < -0.4 is 28.5 Å². The van der Waals surface area contributed by atoms with Crippen LogP contribution >= 0.6 is 22.6 Å². The van der Waals surface area contributed by atoms with E-state index >= 15 is 0 Å². The SMILES string of the molecule is C.CI.Cn1c(C(F)(F)F)[n+](C)c2ccccc21.Cn1c(C(F)(F)F)nc2ccccc21.[I-]. The van der Waals surface area contributed by atoms with Crippen molar-refractivity contribution in [2.24, 2.45) is 21.1 Å². The fourth-order valence-corrected chi connectivity index (χ4v) is 3.26. The molecule has 0 atom stereocenters. The van der Waals surface area contributed by atoms with Crippen LogP contribution in [0, 0.1) is 0 Å². The second-order valence-electron chi connectivity index (χ2n) is 6.41. The number of hydrogen-bond acceptors (Lipinski definition) is 1. The van der Waals surface area contributed by atoms with E-state index in [0.717, 1.165) is 13.7 Å². The van der Waals surface area contributed by atoms with Crippen LogP contribution in [0.2, 0.25) is 0 Å². The Kier molecular flexibility index (Phi) is 11.6. The summed E-state index contributed by atoms with van der Waals surface area (Å²) in [6, 6.07) is 13.3. The van der Waals surface area contributed by atoms with Crippen molar-refractivity contribution in [3.8, 4) is 0 Å². The molecule has 0 saturated heterocycles. The summed E-state index contributed by atoms with van der Waals surface area (Å²) in [4.78, 5) is 5.49. The van der Waals surface area contributed by atoms with Crippen LogP contribution in [0.15, 0.2) is 48.5 Å². The molecule has 0 radical (unpaired) electrons. The minimum Gasteiger partial charge on any atom is -1.00 e. The first kappa shape index (κ1) is 31.4. The Morgan fingerprint density at radius 2 is 1.27 bits per heavy atom. The molecule has 0 aliphatic rings. The van der Waals surface area contributed by atoms with Crippen molar-refractivity contribution >= 4 is 44.7 Å². The molecule has 2 heterocycles. The van der Waals surface area contributed by atoms with Crippen LogP contribution in [0.1, 0.15) is 19.1 Å². The number of benzene rings is 2. The van der Waals surface area contributed by atoms with Gasteiger partial charge in [-0.1, -0.05) is 54.3 Å². The molecule has 184 valence electrons. The normalized spacial score (nSPS) is 11.0. The number of alkyl halides is 7. The summed E-state index contributed by atoms with van der Waals surface area (Å²) in [6.45, 7) is 0. The molecule has 33 heavy (non-hydrogen) atoms. The average Bonchev–Trinajstić information content (AvgIpc) is 3.19. The van der Waals surface area contributed by atoms with E-state index in [1.54, 1.807) is 48.5 Å². The van der Waals surface area contributed by atoms with Gasteiger partial charge in [-0.25, -0.2) is 14.1 Å². The van der Waals surface area contributed by atoms with E-state index in [0.29, 0.717) is 22.1 Å². The van der Waals surface area contributed by atoms with E-state index in [2.05, 4.69) is 27.6 Å². The van der Waals surface area contributed by atoms with Gasteiger partial charge in [0.25, 0.3) is 0 Å². The maximum absolute atomic E-state index is 12.7. The molecule has 4 rings (SSSR count). The minimum absolute atomic E-state index is 0. The second kappa shape index (κ2) is 12.2. The van der Waals surface area contributed by atoms with Gasteiger partial charge in [-0.05, 0) is 29.2 Å². The highest BCUT2D eigenvalue weighted by Gasteiger charge is 2.45. The summed E-state index contributed by atoms with van der Waals surface area (Å²) in [5, 5.41) is 0. The van der Waals surface area contributed by atoms with Gasteiger partial charge in [-0.2, -0.15) is 26.3 Å². The Morgan fingerprint density at radius 3 is 1.73 bits per heavy atom. The van der Waals surface area contributed by atoms with Gasteiger partial charge in [0.05, 0.1) is 25.1 Å². The lowest BCUT2D eigenvalue weighted by atomic mass is 10.3. The van der Waals surface area contributed by atoms with Crippen molar-refractivity contribution in [2.45, 2.75) is 19.8 Å².